The molecule has 1 saturated carbocycles. The van der Waals surface area contributed by atoms with Gasteiger partial charge < -0.3 is 9.47 Å². The molecule has 16 heavy (non-hydrogen) atoms. The summed E-state index contributed by atoms with van der Waals surface area (Å²) in [5.74, 6) is -4.06. The van der Waals surface area contributed by atoms with Gasteiger partial charge in [0.15, 0.2) is 0 Å². The molecule has 3 rings (SSSR count). The van der Waals surface area contributed by atoms with Gasteiger partial charge in [-0.05, 0) is 11.8 Å². The van der Waals surface area contributed by atoms with Crippen molar-refractivity contribution in [2.75, 3.05) is 0 Å². The molecule has 0 radical (unpaired) electrons. The summed E-state index contributed by atoms with van der Waals surface area (Å²) in [4.78, 5) is 44.9. The summed E-state index contributed by atoms with van der Waals surface area (Å²) in [5, 5.41) is 0. The van der Waals surface area contributed by atoms with E-state index in [1.54, 1.807) is 0 Å². The highest BCUT2D eigenvalue weighted by Crippen LogP contribution is 2.54. The topological polar surface area (TPSA) is 86.7 Å². The predicted molar refractivity (Wildman–Crippen MR) is 45.4 cm³/mol. The lowest BCUT2D eigenvalue weighted by Gasteiger charge is -2.51. The van der Waals surface area contributed by atoms with Crippen LogP contribution in [0.3, 0.4) is 0 Å². The molecule has 0 aromatic carbocycles. The van der Waals surface area contributed by atoms with Crippen LogP contribution >= 0.6 is 0 Å². The van der Waals surface area contributed by atoms with Gasteiger partial charge >= 0.3 is 23.9 Å². The number of fused-ring (bicyclic) bond motifs is 4. The number of carbonyl (C=O) groups excluding carboxylic acids is 4. The van der Waals surface area contributed by atoms with Gasteiger partial charge in [0, 0.05) is 0 Å². The molecule has 1 aliphatic carbocycles. The van der Waals surface area contributed by atoms with E-state index in [-0.39, 0.29) is 24.7 Å². The Morgan fingerprint density at radius 3 is 1.50 bits per heavy atom. The molecule has 2 aliphatic heterocycles. The van der Waals surface area contributed by atoms with Gasteiger partial charge in [0.25, 0.3) is 0 Å². The maximum atomic E-state index is 11.4. The van der Waals surface area contributed by atoms with Crippen LogP contribution in [0.5, 0.6) is 0 Å². The van der Waals surface area contributed by atoms with Crippen molar-refractivity contribution in [3.8, 4) is 0 Å². The molecule has 0 atom stereocenters. The maximum Gasteiger partial charge on any atom is 0.317 e. The first-order chi connectivity index (χ1) is 7.58. The predicted octanol–water partition coefficient (Wildman–Crippen LogP) is -0.588. The van der Waals surface area contributed by atoms with E-state index in [2.05, 4.69) is 9.47 Å². The number of esters is 4. The standard InChI is InChI=1S/C10H8O6/c11-5-1-3-7(9(13)15-5)4-2-6(12)16-10(14)8(3)4/h3-4,7-8H,1-2H2. The third-order valence-electron chi connectivity index (χ3n) is 3.62. The summed E-state index contributed by atoms with van der Waals surface area (Å²) in [7, 11) is 0. The van der Waals surface area contributed by atoms with Crippen molar-refractivity contribution in [1.29, 1.82) is 0 Å². The molecule has 0 N–H and O–H groups in total. The van der Waals surface area contributed by atoms with Crippen molar-refractivity contribution >= 4 is 23.9 Å². The molecule has 6 heteroatoms. The van der Waals surface area contributed by atoms with Crippen molar-refractivity contribution in [3.63, 3.8) is 0 Å². The third-order valence-corrected chi connectivity index (χ3v) is 3.62. The van der Waals surface area contributed by atoms with Crippen LogP contribution < -0.4 is 0 Å². The van der Waals surface area contributed by atoms with Gasteiger partial charge in [0.2, 0.25) is 0 Å². The fraction of sp³-hybridized carbons (Fsp3) is 0.600. The molecular formula is C10H8O6. The Bertz CT molecular complexity index is 377. The van der Waals surface area contributed by atoms with Gasteiger partial charge in [-0.2, -0.15) is 0 Å². The molecule has 0 aromatic rings. The minimum absolute atomic E-state index is 0.0564. The first-order valence-corrected chi connectivity index (χ1v) is 5.07. The van der Waals surface area contributed by atoms with Crippen LogP contribution in [0.2, 0.25) is 0 Å². The highest BCUT2D eigenvalue weighted by atomic mass is 16.6. The van der Waals surface area contributed by atoms with Crippen molar-refractivity contribution in [2.45, 2.75) is 12.8 Å². The zero-order valence-electron chi connectivity index (χ0n) is 8.17. The lowest BCUT2D eigenvalue weighted by molar-refractivity contribution is -0.204. The first-order valence-electron chi connectivity index (χ1n) is 5.07. The van der Waals surface area contributed by atoms with E-state index in [1.807, 2.05) is 0 Å². The summed E-state index contributed by atoms with van der Waals surface area (Å²) in [6.07, 6.45) is 0.113. The summed E-state index contributed by atoms with van der Waals surface area (Å²) in [6.45, 7) is 0. The molecule has 3 aliphatic rings. The van der Waals surface area contributed by atoms with Crippen LogP contribution in [0.25, 0.3) is 0 Å². The van der Waals surface area contributed by atoms with Gasteiger partial charge in [-0.25, -0.2) is 0 Å². The summed E-state index contributed by atoms with van der Waals surface area (Å²) >= 11 is 0. The molecule has 0 aromatic heterocycles. The smallest absolute Gasteiger partial charge is 0.317 e. The van der Waals surface area contributed by atoms with E-state index < -0.39 is 35.7 Å². The van der Waals surface area contributed by atoms with Crippen LogP contribution in [0.4, 0.5) is 0 Å². The zero-order chi connectivity index (χ0) is 11.4. The van der Waals surface area contributed by atoms with Crippen molar-refractivity contribution < 1.29 is 28.7 Å². The van der Waals surface area contributed by atoms with E-state index in [0.29, 0.717) is 0 Å². The van der Waals surface area contributed by atoms with Crippen molar-refractivity contribution in [3.05, 3.63) is 0 Å². The second kappa shape index (κ2) is 2.90. The minimum Gasteiger partial charge on any atom is -0.393 e. The van der Waals surface area contributed by atoms with Gasteiger partial charge in [-0.1, -0.05) is 0 Å². The number of hydrogen-bond acceptors (Lipinski definition) is 6. The summed E-state index contributed by atoms with van der Waals surface area (Å²) < 4.78 is 9.00. The molecule has 6 nitrogen and oxygen atoms in total. The number of hydrogen-bond donors (Lipinski definition) is 0. The molecule has 0 spiro atoms. The van der Waals surface area contributed by atoms with Crippen LogP contribution in [0.15, 0.2) is 0 Å². The molecule has 2 heterocycles. The van der Waals surface area contributed by atoms with Crippen LogP contribution in [0.1, 0.15) is 12.8 Å². The van der Waals surface area contributed by atoms with Gasteiger partial charge in [0.1, 0.15) is 0 Å². The van der Waals surface area contributed by atoms with Crippen LogP contribution in [0, 0.1) is 23.7 Å². The lowest BCUT2D eigenvalue weighted by atomic mass is 9.53. The Morgan fingerprint density at radius 2 is 1.12 bits per heavy atom. The van der Waals surface area contributed by atoms with E-state index >= 15 is 0 Å². The van der Waals surface area contributed by atoms with E-state index in [4.69, 9.17) is 0 Å². The quantitative estimate of drug-likeness (QED) is 0.404. The highest BCUT2D eigenvalue weighted by Gasteiger charge is 2.63. The van der Waals surface area contributed by atoms with Crippen LogP contribution in [-0.2, 0) is 28.7 Å². The van der Waals surface area contributed by atoms with Crippen LogP contribution in [-0.4, -0.2) is 23.9 Å². The molecule has 0 unspecified atom stereocenters. The highest BCUT2D eigenvalue weighted by molar-refractivity contribution is 5.97. The van der Waals surface area contributed by atoms with Crippen molar-refractivity contribution in [1.82, 2.24) is 0 Å². The zero-order valence-corrected chi connectivity index (χ0v) is 8.17. The molecule has 3 fully saturated rings. The molecule has 0 bridgehead atoms. The molecular weight excluding hydrogens is 216 g/mol. The monoisotopic (exact) mass is 224 g/mol. The fourth-order valence-electron chi connectivity index (χ4n) is 2.97. The SMILES string of the molecule is O=C1CC2C(C(=O)O1)C1CC(=O)OC(=O)C21. The van der Waals surface area contributed by atoms with Crippen molar-refractivity contribution in [2.24, 2.45) is 23.7 Å². The van der Waals surface area contributed by atoms with Gasteiger partial charge in [-0.15, -0.1) is 0 Å². The summed E-state index contributed by atoms with van der Waals surface area (Å²) in [5.41, 5.74) is 0. The summed E-state index contributed by atoms with van der Waals surface area (Å²) in [6, 6.07) is 0. The average Bonchev–Trinajstić information content (AvgIpc) is 2.12. The average molecular weight is 224 g/mol. The number of carbonyl (C=O) groups is 4. The fourth-order valence-corrected chi connectivity index (χ4v) is 2.97. The molecule has 0 amide bonds. The van der Waals surface area contributed by atoms with Gasteiger partial charge in [0.05, 0.1) is 24.7 Å². The lowest BCUT2D eigenvalue weighted by Crippen LogP contribution is -2.61. The number of cyclic esters (lactones) is 4. The van der Waals surface area contributed by atoms with E-state index in [1.165, 1.54) is 0 Å². The largest absolute Gasteiger partial charge is 0.393 e. The Hall–Kier alpha value is -1.72. The second-order valence-electron chi connectivity index (χ2n) is 4.37. The third kappa shape index (κ3) is 1.07. The molecule has 84 valence electrons. The Kier molecular flexibility index (Phi) is 1.72. The molecule has 2 saturated heterocycles. The number of rotatable bonds is 0. The van der Waals surface area contributed by atoms with Gasteiger partial charge in [-0.3, -0.25) is 19.2 Å². The Labute approximate surface area is 89.9 Å². The van der Waals surface area contributed by atoms with E-state index in [0.717, 1.165) is 0 Å². The second-order valence-corrected chi connectivity index (χ2v) is 4.37. The minimum atomic E-state index is -0.606. The maximum absolute atomic E-state index is 11.4. The Morgan fingerprint density at radius 1 is 0.750 bits per heavy atom. The normalized spacial score (nSPS) is 41.5. The number of ether oxygens (including phenoxy) is 2. The Balaban J connectivity index is 1.89. The first kappa shape index (κ1) is 9.50. The van der Waals surface area contributed by atoms with E-state index in [9.17, 15) is 19.2 Å².